The number of fused-ring (bicyclic) bond motifs is 2. The van der Waals surface area contributed by atoms with Gasteiger partial charge in [0.1, 0.15) is 5.82 Å². The lowest BCUT2D eigenvalue weighted by Crippen LogP contribution is -2.48. The number of guanidine groups is 1. The van der Waals surface area contributed by atoms with Crippen LogP contribution in [0.15, 0.2) is 23.3 Å². The predicted octanol–water partition coefficient (Wildman–Crippen LogP) is 1.53. The number of aliphatic imine (C=N–C) groups is 1. The van der Waals surface area contributed by atoms with Crippen LogP contribution in [0.5, 0.6) is 0 Å². The van der Waals surface area contributed by atoms with Crippen LogP contribution in [0.4, 0.5) is 4.39 Å². The molecule has 0 aliphatic heterocycles. The van der Waals surface area contributed by atoms with Crippen LogP contribution >= 0.6 is 0 Å². The average molecular weight is 347 g/mol. The van der Waals surface area contributed by atoms with E-state index in [1.54, 1.807) is 26.4 Å². The predicted molar refractivity (Wildman–Crippen MR) is 94.4 cm³/mol. The molecule has 3 unspecified atom stereocenters. The summed E-state index contributed by atoms with van der Waals surface area (Å²) in [6.07, 6.45) is 6.55. The molecule has 3 atom stereocenters. The number of hydrogen-bond acceptors (Lipinski definition) is 3. The van der Waals surface area contributed by atoms with E-state index in [1.807, 2.05) is 0 Å². The summed E-state index contributed by atoms with van der Waals surface area (Å²) in [4.78, 5) is 21.9. The topological polar surface area (TPSA) is 69.6 Å². The molecule has 2 N–H and O–H groups in total. The van der Waals surface area contributed by atoms with Gasteiger partial charge in [-0.05, 0) is 43.2 Å². The first kappa shape index (κ1) is 17.6. The highest BCUT2D eigenvalue weighted by Crippen LogP contribution is 2.44. The number of amides is 1. The van der Waals surface area contributed by atoms with Crippen LogP contribution in [-0.2, 0) is 11.3 Å². The fourth-order valence-corrected chi connectivity index (χ4v) is 3.76. The second-order valence-electron chi connectivity index (χ2n) is 7.16. The van der Waals surface area contributed by atoms with Crippen LogP contribution in [-0.4, -0.2) is 48.4 Å². The van der Waals surface area contributed by atoms with Crippen molar-refractivity contribution in [3.05, 3.63) is 29.8 Å². The Morgan fingerprint density at radius 2 is 2.24 bits per heavy atom. The van der Waals surface area contributed by atoms with E-state index in [2.05, 4.69) is 20.6 Å². The third kappa shape index (κ3) is 4.46. The summed E-state index contributed by atoms with van der Waals surface area (Å²) in [6.45, 7) is 0.295. The van der Waals surface area contributed by atoms with Crippen LogP contribution in [0.2, 0.25) is 0 Å². The molecule has 2 saturated carbocycles. The van der Waals surface area contributed by atoms with Crippen molar-refractivity contribution in [1.82, 2.24) is 20.5 Å². The van der Waals surface area contributed by atoms with Gasteiger partial charge in [0.15, 0.2) is 5.96 Å². The van der Waals surface area contributed by atoms with E-state index in [9.17, 15) is 9.18 Å². The van der Waals surface area contributed by atoms with Crippen LogP contribution in [0.1, 0.15) is 31.4 Å². The third-order valence-electron chi connectivity index (χ3n) is 5.19. The lowest BCUT2D eigenvalue weighted by molar-refractivity contribution is -0.127. The van der Waals surface area contributed by atoms with Gasteiger partial charge in [0, 0.05) is 26.3 Å². The van der Waals surface area contributed by atoms with Crippen molar-refractivity contribution in [2.75, 3.05) is 20.6 Å². The Labute approximate surface area is 147 Å². The highest BCUT2D eigenvalue weighted by molar-refractivity contribution is 5.86. The number of carbonyl (C=O) groups excluding carboxylic acids is 1. The van der Waals surface area contributed by atoms with Gasteiger partial charge in [0.05, 0.1) is 18.8 Å². The molecule has 0 saturated heterocycles. The van der Waals surface area contributed by atoms with E-state index in [1.165, 1.54) is 30.2 Å². The molecule has 1 amide bonds. The number of pyridine rings is 1. The summed E-state index contributed by atoms with van der Waals surface area (Å²) < 4.78 is 13.8. The van der Waals surface area contributed by atoms with Crippen molar-refractivity contribution in [1.29, 1.82) is 0 Å². The number of halogens is 1. The highest BCUT2D eigenvalue weighted by Gasteiger charge is 2.39. The molecule has 1 aromatic heterocycles. The summed E-state index contributed by atoms with van der Waals surface area (Å²) in [5, 5.41) is 6.52. The van der Waals surface area contributed by atoms with Gasteiger partial charge in [-0.3, -0.25) is 9.78 Å². The first-order chi connectivity index (χ1) is 12.0. The van der Waals surface area contributed by atoms with Crippen molar-refractivity contribution in [2.45, 2.75) is 38.3 Å². The van der Waals surface area contributed by atoms with Gasteiger partial charge in [-0.25, -0.2) is 9.38 Å². The smallest absolute Gasteiger partial charge is 0.241 e. The Kier molecular flexibility index (Phi) is 5.50. The van der Waals surface area contributed by atoms with Crippen molar-refractivity contribution < 1.29 is 9.18 Å². The molecule has 0 radical (unpaired) electrons. The summed E-state index contributed by atoms with van der Waals surface area (Å²) in [6, 6.07) is 3.32. The second kappa shape index (κ2) is 7.80. The fraction of sp³-hybridized carbons (Fsp3) is 0.611. The highest BCUT2D eigenvalue weighted by atomic mass is 19.1. The first-order valence-electron chi connectivity index (χ1n) is 8.87. The number of nitrogens with one attached hydrogen (secondary N) is 2. The first-order valence-corrected chi connectivity index (χ1v) is 8.87. The number of carbonyl (C=O) groups is 1. The average Bonchev–Trinajstić information content (AvgIpc) is 3.21. The molecule has 2 aliphatic rings. The maximum atomic E-state index is 13.8. The zero-order valence-electron chi connectivity index (χ0n) is 14.8. The standard InChI is InChI=1S/C18H26FN5O/c1-24(2)17(25)11-22-18(21-10-16-14(19)4-3-7-20-16)23-15-9-12-5-6-13(15)8-12/h3-4,7,12-13,15H,5-6,8-11H2,1-2H3,(H2,21,22,23). The lowest BCUT2D eigenvalue weighted by atomic mass is 9.95. The van der Waals surface area contributed by atoms with Crippen LogP contribution in [0.3, 0.4) is 0 Å². The van der Waals surface area contributed by atoms with Gasteiger partial charge in [-0.15, -0.1) is 0 Å². The van der Waals surface area contributed by atoms with Crippen molar-refractivity contribution in [2.24, 2.45) is 16.8 Å². The number of likely N-dealkylation sites (N-methyl/N-ethyl adjacent to an activating group) is 1. The molecule has 1 heterocycles. The summed E-state index contributed by atoms with van der Waals surface area (Å²) in [7, 11) is 3.43. The normalized spacial score (nSPS) is 25.1. The SMILES string of the molecule is CN(C)C(=O)CNC(=NCc1ncccc1F)NC1CC2CCC1C2. The van der Waals surface area contributed by atoms with E-state index in [0.717, 1.165) is 12.3 Å². The minimum atomic E-state index is -0.366. The maximum absolute atomic E-state index is 13.8. The Hall–Kier alpha value is -2.18. The Balaban J connectivity index is 1.66. The monoisotopic (exact) mass is 347 g/mol. The molecule has 6 nitrogen and oxygen atoms in total. The molecule has 2 bridgehead atoms. The largest absolute Gasteiger partial charge is 0.353 e. The minimum absolute atomic E-state index is 0.0357. The molecule has 7 heteroatoms. The molecule has 1 aromatic rings. The van der Waals surface area contributed by atoms with Crippen LogP contribution < -0.4 is 10.6 Å². The summed E-state index contributed by atoms with van der Waals surface area (Å²) >= 11 is 0. The molecule has 136 valence electrons. The van der Waals surface area contributed by atoms with Crippen molar-refractivity contribution in [3.8, 4) is 0 Å². The third-order valence-corrected chi connectivity index (χ3v) is 5.19. The van der Waals surface area contributed by atoms with Gasteiger partial charge in [0.25, 0.3) is 0 Å². The molecule has 0 aromatic carbocycles. The second-order valence-corrected chi connectivity index (χ2v) is 7.16. The van der Waals surface area contributed by atoms with E-state index < -0.39 is 0 Å². The van der Waals surface area contributed by atoms with Crippen LogP contribution in [0.25, 0.3) is 0 Å². The van der Waals surface area contributed by atoms with E-state index >= 15 is 0 Å². The molecule has 3 rings (SSSR count). The Morgan fingerprint density at radius 3 is 2.88 bits per heavy atom. The van der Waals surface area contributed by atoms with Gasteiger partial charge in [-0.1, -0.05) is 6.42 Å². The van der Waals surface area contributed by atoms with E-state index in [0.29, 0.717) is 23.6 Å². The number of rotatable bonds is 5. The van der Waals surface area contributed by atoms with Gasteiger partial charge in [0.2, 0.25) is 5.91 Å². The van der Waals surface area contributed by atoms with E-state index in [-0.39, 0.29) is 24.8 Å². The van der Waals surface area contributed by atoms with Crippen LogP contribution in [0, 0.1) is 17.7 Å². The molecular formula is C18H26FN5O. The number of nitrogens with zero attached hydrogens (tertiary/aromatic N) is 3. The van der Waals surface area contributed by atoms with Gasteiger partial charge >= 0.3 is 0 Å². The Morgan fingerprint density at radius 1 is 1.40 bits per heavy atom. The van der Waals surface area contributed by atoms with Gasteiger partial charge in [-0.2, -0.15) is 0 Å². The molecule has 0 spiro atoms. The molecule has 25 heavy (non-hydrogen) atoms. The van der Waals surface area contributed by atoms with Gasteiger partial charge < -0.3 is 15.5 Å². The summed E-state index contributed by atoms with van der Waals surface area (Å²) in [5.74, 6) is 1.63. The maximum Gasteiger partial charge on any atom is 0.241 e. The lowest BCUT2D eigenvalue weighted by Gasteiger charge is -2.25. The number of aromatic nitrogens is 1. The zero-order valence-corrected chi connectivity index (χ0v) is 14.8. The molecular weight excluding hydrogens is 321 g/mol. The minimum Gasteiger partial charge on any atom is -0.353 e. The zero-order chi connectivity index (χ0) is 17.8. The molecule has 2 fully saturated rings. The van der Waals surface area contributed by atoms with Crippen molar-refractivity contribution >= 4 is 11.9 Å². The number of hydrogen-bond donors (Lipinski definition) is 2. The summed E-state index contributed by atoms with van der Waals surface area (Å²) in [5.41, 5.74) is 0.301. The molecule has 2 aliphatic carbocycles. The van der Waals surface area contributed by atoms with E-state index in [4.69, 9.17) is 0 Å². The Bertz CT molecular complexity index is 648. The quantitative estimate of drug-likeness (QED) is 0.626. The van der Waals surface area contributed by atoms with Crippen molar-refractivity contribution in [3.63, 3.8) is 0 Å². The fourth-order valence-electron chi connectivity index (χ4n) is 3.76.